The van der Waals surface area contributed by atoms with Gasteiger partial charge in [0.25, 0.3) is 0 Å². The number of hydrogen-bond acceptors (Lipinski definition) is 5. The molecule has 1 aromatic heterocycles. The van der Waals surface area contributed by atoms with Gasteiger partial charge in [-0.05, 0) is 12.5 Å². The predicted octanol–water partition coefficient (Wildman–Crippen LogP) is -0.437. The lowest BCUT2D eigenvalue weighted by atomic mass is 10.1. The Bertz CT molecular complexity index is 587. The number of anilines is 1. The molecular weight excluding hydrogens is 268 g/mol. The lowest BCUT2D eigenvalue weighted by Gasteiger charge is -2.29. The van der Waals surface area contributed by atoms with Crippen LogP contribution in [0.25, 0.3) is 0 Å². The lowest BCUT2D eigenvalue weighted by molar-refractivity contribution is -0.132. The third-order valence-corrected chi connectivity index (χ3v) is 4.53. The Morgan fingerprint density at radius 3 is 2.89 bits per heavy atom. The Morgan fingerprint density at radius 2 is 2.26 bits per heavy atom. The number of nitrogens with two attached hydrogens (primary N) is 1. The van der Waals surface area contributed by atoms with Gasteiger partial charge in [-0.15, -0.1) is 0 Å². The summed E-state index contributed by atoms with van der Waals surface area (Å²) in [4.78, 5) is 16.7. The van der Waals surface area contributed by atoms with Crippen LogP contribution in [0.4, 0.5) is 5.82 Å². The van der Waals surface area contributed by atoms with Crippen molar-refractivity contribution in [3.63, 3.8) is 0 Å². The van der Waals surface area contributed by atoms with Gasteiger partial charge >= 0.3 is 0 Å². The van der Waals surface area contributed by atoms with Crippen LogP contribution in [0, 0.1) is 0 Å². The summed E-state index contributed by atoms with van der Waals surface area (Å²) in [5, 5.41) is 0. The van der Waals surface area contributed by atoms with Crippen LogP contribution >= 0.6 is 0 Å². The second-order valence-corrected chi connectivity index (χ2v) is 6.26. The van der Waals surface area contributed by atoms with Crippen LogP contribution in [0.15, 0.2) is 23.2 Å². The second-order valence-electron chi connectivity index (χ2n) is 4.55. The van der Waals surface area contributed by atoms with Gasteiger partial charge in [0.15, 0.2) is 0 Å². The summed E-state index contributed by atoms with van der Waals surface area (Å²) < 4.78 is 26.9. The van der Waals surface area contributed by atoms with Crippen molar-refractivity contribution >= 4 is 21.7 Å². The van der Waals surface area contributed by atoms with Crippen molar-refractivity contribution in [3.05, 3.63) is 18.3 Å². The number of likely N-dealkylation sites (tertiary alicyclic amines) is 1. The molecule has 2 heterocycles. The molecule has 1 unspecified atom stereocenters. The Balaban J connectivity index is 2.12. The Morgan fingerprint density at radius 1 is 1.53 bits per heavy atom. The van der Waals surface area contributed by atoms with E-state index in [4.69, 9.17) is 5.73 Å². The molecule has 104 valence electrons. The third-order valence-electron chi connectivity index (χ3n) is 3.01. The maximum absolute atomic E-state index is 12.1. The second kappa shape index (κ2) is 5.14. The van der Waals surface area contributed by atoms with E-state index in [1.165, 1.54) is 23.2 Å². The number of carbonyl (C=O) groups is 1. The van der Waals surface area contributed by atoms with E-state index in [1.807, 2.05) is 0 Å². The highest BCUT2D eigenvalue weighted by Crippen LogP contribution is 2.15. The Hall–Kier alpha value is -1.67. The number of pyridine rings is 1. The van der Waals surface area contributed by atoms with Crippen LogP contribution in [-0.4, -0.2) is 43.8 Å². The number of hydrogen-bond donors (Lipinski definition) is 2. The van der Waals surface area contributed by atoms with Crippen molar-refractivity contribution in [1.82, 2.24) is 14.6 Å². The molecule has 1 amide bonds. The minimum atomic E-state index is -3.63. The van der Waals surface area contributed by atoms with Gasteiger partial charge in [0.05, 0.1) is 4.90 Å². The van der Waals surface area contributed by atoms with Crippen molar-refractivity contribution in [2.24, 2.45) is 0 Å². The van der Waals surface area contributed by atoms with Gasteiger partial charge in [0.1, 0.15) is 5.82 Å². The number of rotatable bonds is 3. The van der Waals surface area contributed by atoms with Gasteiger partial charge in [0, 0.05) is 38.3 Å². The molecule has 0 aromatic carbocycles. The molecule has 0 radical (unpaired) electrons. The summed E-state index contributed by atoms with van der Waals surface area (Å²) in [5.74, 6) is 0.183. The molecule has 1 aromatic rings. The number of sulfonamides is 1. The summed E-state index contributed by atoms with van der Waals surface area (Å²) in [6.45, 7) is 0.374. The molecule has 3 N–H and O–H groups in total. The van der Waals surface area contributed by atoms with E-state index >= 15 is 0 Å². The van der Waals surface area contributed by atoms with Crippen LogP contribution < -0.4 is 10.5 Å². The van der Waals surface area contributed by atoms with Crippen LogP contribution in [-0.2, 0) is 14.8 Å². The quantitative estimate of drug-likeness (QED) is 0.783. The van der Waals surface area contributed by atoms with Gasteiger partial charge in [0.2, 0.25) is 15.9 Å². The number of nitrogen functional groups attached to an aromatic ring is 1. The highest BCUT2D eigenvalue weighted by atomic mass is 32.2. The monoisotopic (exact) mass is 284 g/mol. The maximum Gasteiger partial charge on any atom is 0.241 e. The lowest BCUT2D eigenvalue weighted by Crippen LogP contribution is -2.48. The minimum absolute atomic E-state index is 0.0311. The zero-order valence-corrected chi connectivity index (χ0v) is 11.4. The van der Waals surface area contributed by atoms with Crippen molar-refractivity contribution in [2.45, 2.75) is 23.8 Å². The topological polar surface area (TPSA) is 105 Å². The van der Waals surface area contributed by atoms with E-state index in [0.717, 1.165) is 0 Å². The summed E-state index contributed by atoms with van der Waals surface area (Å²) in [7, 11) is -1.97. The van der Waals surface area contributed by atoms with Gasteiger partial charge in [-0.3, -0.25) is 4.79 Å². The molecule has 8 heteroatoms. The molecule has 1 fully saturated rings. The summed E-state index contributed by atoms with van der Waals surface area (Å²) in [6.07, 6.45) is 2.20. The molecule has 0 saturated carbocycles. The Labute approximate surface area is 111 Å². The summed E-state index contributed by atoms with van der Waals surface area (Å²) in [6, 6.07) is 2.42. The molecule has 0 bridgehead atoms. The summed E-state index contributed by atoms with van der Waals surface area (Å²) in [5.41, 5.74) is 5.47. The van der Waals surface area contributed by atoms with Crippen LogP contribution in [0.1, 0.15) is 12.8 Å². The van der Waals surface area contributed by atoms with E-state index in [1.54, 1.807) is 7.05 Å². The van der Waals surface area contributed by atoms with E-state index < -0.39 is 10.0 Å². The van der Waals surface area contributed by atoms with Crippen LogP contribution in [0.2, 0.25) is 0 Å². The number of piperidine rings is 1. The predicted molar refractivity (Wildman–Crippen MR) is 69.6 cm³/mol. The standard InChI is InChI=1S/C11H16N4O3S/c1-15-7-8(2-3-11(15)16)14-19(17,18)9-4-5-13-10(12)6-9/h4-6,8,14H,2-3,7H2,1H3,(H2,12,13). The van der Waals surface area contributed by atoms with Gasteiger partial charge < -0.3 is 10.6 Å². The zero-order valence-electron chi connectivity index (χ0n) is 10.5. The van der Waals surface area contributed by atoms with E-state index in [9.17, 15) is 13.2 Å². The highest BCUT2D eigenvalue weighted by Gasteiger charge is 2.27. The number of nitrogens with one attached hydrogen (secondary N) is 1. The molecular formula is C11H16N4O3S. The molecule has 2 rings (SSSR count). The Kier molecular flexibility index (Phi) is 3.72. The number of carbonyl (C=O) groups excluding carboxylic acids is 1. The minimum Gasteiger partial charge on any atom is -0.384 e. The molecule has 0 spiro atoms. The normalized spacial score (nSPS) is 20.6. The summed E-state index contributed by atoms with van der Waals surface area (Å²) >= 11 is 0. The first-order chi connectivity index (χ1) is 8.88. The highest BCUT2D eigenvalue weighted by molar-refractivity contribution is 7.89. The van der Waals surface area contributed by atoms with Crippen LogP contribution in [0.3, 0.4) is 0 Å². The first-order valence-electron chi connectivity index (χ1n) is 5.86. The van der Waals surface area contributed by atoms with Gasteiger partial charge in [-0.25, -0.2) is 18.1 Å². The van der Waals surface area contributed by atoms with E-state index in [2.05, 4.69) is 9.71 Å². The molecule has 0 aliphatic carbocycles. The average molecular weight is 284 g/mol. The average Bonchev–Trinajstić information content (AvgIpc) is 2.33. The fourth-order valence-corrected chi connectivity index (χ4v) is 3.27. The fourth-order valence-electron chi connectivity index (χ4n) is 1.99. The molecule has 1 aliphatic heterocycles. The van der Waals surface area contributed by atoms with Crippen molar-refractivity contribution < 1.29 is 13.2 Å². The van der Waals surface area contributed by atoms with Crippen molar-refractivity contribution in [1.29, 1.82) is 0 Å². The maximum atomic E-state index is 12.1. The molecule has 1 aliphatic rings. The molecule has 7 nitrogen and oxygen atoms in total. The smallest absolute Gasteiger partial charge is 0.241 e. The van der Waals surface area contributed by atoms with Gasteiger partial charge in [-0.2, -0.15) is 0 Å². The largest absolute Gasteiger partial charge is 0.384 e. The fraction of sp³-hybridized carbons (Fsp3) is 0.455. The molecule has 1 atom stereocenters. The number of likely N-dealkylation sites (N-methyl/N-ethyl adjacent to an activating group) is 1. The number of amides is 1. The first-order valence-corrected chi connectivity index (χ1v) is 7.34. The molecule has 1 saturated heterocycles. The van der Waals surface area contributed by atoms with Crippen molar-refractivity contribution in [2.75, 3.05) is 19.3 Å². The number of aromatic nitrogens is 1. The molecule has 19 heavy (non-hydrogen) atoms. The number of nitrogens with zero attached hydrogens (tertiary/aromatic N) is 2. The van der Waals surface area contributed by atoms with Crippen molar-refractivity contribution in [3.8, 4) is 0 Å². The van der Waals surface area contributed by atoms with Crippen LogP contribution in [0.5, 0.6) is 0 Å². The first kappa shape index (κ1) is 13.8. The zero-order chi connectivity index (χ0) is 14.0. The van der Waals surface area contributed by atoms with E-state index in [-0.39, 0.29) is 22.7 Å². The van der Waals surface area contributed by atoms with Gasteiger partial charge in [-0.1, -0.05) is 0 Å². The van der Waals surface area contributed by atoms with E-state index in [0.29, 0.717) is 19.4 Å². The third kappa shape index (κ3) is 3.21. The SMILES string of the molecule is CN1CC(NS(=O)(=O)c2ccnc(N)c2)CCC1=O.